The number of carbonyl (C=O) groups excluding carboxylic acids is 3. The average molecular weight is 474 g/mol. The summed E-state index contributed by atoms with van der Waals surface area (Å²) in [6.45, 7) is 4.97. The Morgan fingerprint density at radius 3 is 1.94 bits per heavy atom. The standard InChI is InChI=1S/C19H35N7O7/c1-4-9(2)14(20)17(31)25-11(6-5-7-23-19(21)22)15(29)26-12(8-13(27)28)16(30)24-10(3)18(32)33/h9-12,14H,4-8,20H2,1-3H3,(H,24,30)(H,25,31)(H,26,29)(H,27,28)(H,32,33)(H4,21,22,23). The fourth-order valence-corrected chi connectivity index (χ4v) is 2.58. The first kappa shape index (κ1) is 29.6. The number of aliphatic imine (C=N–C) groups is 1. The van der Waals surface area contributed by atoms with E-state index in [1.54, 1.807) is 6.92 Å². The molecule has 0 heterocycles. The molecule has 0 aromatic rings. The fraction of sp³-hybridized carbons (Fsp3) is 0.684. The largest absolute Gasteiger partial charge is 0.481 e. The van der Waals surface area contributed by atoms with Crippen LogP contribution in [0, 0.1) is 5.92 Å². The van der Waals surface area contributed by atoms with Crippen molar-refractivity contribution in [1.29, 1.82) is 0 Å². The number of hydrogen-bond acceptors (Lipinski definition) is 7. The summed E-state index contributed by atoms with van der Waals surface area (Å²) in [6.07, 6.45) is 0.165. The van der Waals surface area contributed by atoms with E-state index in [1.807, 2.05) is 6.92 Å². The lowest BCUT2D eigenvalue weighted by Gasteiger charge is -2.25. The zero-order valence-corrected chi connectivity index (χ0v) is 19.0. The second-order valence-electron chi connectivity index (χ2n) is 7.65. The summed E-state index contributed by atoms with van der Waals surface area (Å²) < 4.78 is 0. The molecule has 0 spiro atoms. The minimum absolute atomic E-state index is 0.0640. The van der Waals surface area contributed by atoms with E-state index in [-0.39, 0.29) is 31.3 Å². The molecule has 3 amide bonds. The molecule has 14 heteroatoms. The van der Waals surface area contributed by atoms with Gasteiger partial charge in [0.25, 0.3) is 0 Å². The number of aliphatic carboxylic acids is 2. The molecule has 0 rings (SSSR count). The van der Waals surface area contributed by atoms with Gasteiger partial charge in [-0.1, -0.05) is 20.3 Å². The molecule has 0 radical (unpaired) electrons. The van der Waals surface area contributed by atoms with Crippen LogP contribution in [0.2, 0.25) is 0 Å². The van der Waals surface area contributed by atoms with E-state index >= 15 is 0 Å². The van der Waals surface area contributed by atoms with Crippen molar-refractivity contribution in [2.45, 2.75) is 70.6 Å². The van der Waals surface area contributed by atoms with Crippen molar-refractivity contribution >= 4 is 35.6 Å². The molecular weight excluding hydrogens is 438 g/mol. The van der Waals surface area contributed by atoms with E-state index in [2.05, 4.69) is 20.9 Å². The number of amides is 3. The van der Waals surface area contributed by atoms with E-state index in [0.29, 0.717) is 6.42 Å². The Morgan fingerprint density at radius 2 is 1.45 bits per heavy atom. The fourth-order valence-electron chi connectivity index (χ4n) is 2.58. The minimum Gasteiger partial charge on any atom is -0.481 e. The van der Waals surface area contributed by atoms with Crippen molar-refractivity contribution in [3.05, 3.63) is 0 Å². The zero-order valence-electron chi connectivity index (χ0n) is 19.0. The summed E-state index contributed by atoms with van der Waals surface area (Å²) in [5.74, 6) is -5.48. The minimum atomic E-state index is -1.57. The molecule has 0 aliphatic heterocycles. The van der Waals surface area contributed by atoms with Crippen LogP contribution >= 0.6 is 0 Å². The molecule has 5 unspecified atom stereocenters. The van der Waals surface area contributed by atoms with Crippen LogP contribution in [0.5, 0.6) is 0 Å². The Morgan fingerprint density at radius 1 is 0.909 bits per heavy atom. The molecule has 0 aromatic carbocycles. The van der Waals surface area contributed by atoms with Crippen LogP contribution in [-0.2, 0) is 24.0 Å². The third-order valence-corrected chi connectivity index (χ3v) is 4.88. The number of hydrogen-bond donors (Lipinski definition) is 8. The lowest BCUT2D eigenvalue weighted by molar-refractivity contribution is -0.143. The lowest BCUT2D eigenvalue weighted by Crippen LogP contribution is -2.57. The SMILES string of the molecule is CCC(C)C(N)C(=O)NC(CCCN=C(N)N)C(=O)NC(CC(=O)O)C(=O)NC(C)C(=O)O. The van der Waals surface area contributed by atoms with Crippen LogP contribution in [0.3, 0.4) is 0 Å². The van der Waals surface area contributed by atoms with E-state index in [1.165, 1.54) is 6.92 Å². The first-order valence-corrected chi connectivity index (χ1v) is 10.5. The number of carboxylic acids is 2. The highest BCUT2D eigenvalue weighted by molar-refractivity contribution is 5.95. The first-order valence-electron chi connectivity index (χ1n) is 10.5. The van der Waals surface area contributed by atoms with E-state index in [0.717, 1.165) is 0 Å². The third-order valence-electron chi connectivity index (χ3n) is 4.88. The van der Waals surface area contributed by atoms with Gasteiger partial charge in [0, 0.05) is 6.54 Å². The lowest BCUT2D eigenvalue weighted by atomic mass is 9.98. The maximum atomic E-state index is 12.8. The van der Waals surface area contributed by atoms with Gasteiger partial charge in [0.1, 0.15) is 18.1 Å². The Hall–Kier alpha value is -3.42. The number of carbonyl (C=O) groups is 5. The van der Waals surface area contributed by atoms with Crippen LogP contribution in [0.1, 0.15) is 46.5 Å². The second kappa shape index (κ2) is 14.6. The maximum Gasteiger partial charge on any atom is 0.325 e. The van der Waals surface area contributed by atoms with Crippen molar-refractivity contribution in [2.75, 3.05) is 6.54 Å². The molecule has 0 saturated carbocycles. The molecule has 0 fully saturated rings. The zero-order chi connectivity index (χ0) is 25.7. The highest BCUT2D eigenvalue weighted by Crippen LogP contribution is 2.07. The Labute approximate surface area is 191 Å². The molecular formula is C19H35N7O7. The highest BCUT2D eigenvalue weighted by atomic mass is 16.4. The monoisotopic (exact) mass is 473 g/mol. The van der Waals surface area contributed by atoms with Gasteiger partial charge in [0.2, 0.25) is 17.7 Å². The molecule has 33 heavy (non-hydrogen) atoms. The predicted octanol–water partition coefficient (Wildman–Crippen LogP) is -2.55. The van der Waals surface area contributed by atoms with Gasteiger partial charge in [-0.3, -0.25) is 29.0 Å². The number of guanidine groups is 1. The van der Waals surface area contributed by atoms with Crippen molar-refractivity contribution in [3.8, 4) is 0 Å². The molecule has 188 valence electrons. The summed E-state index contributed by atoms with van der Waals surface area (Å²) in [4.78, 5) is 63.6. The molecule has 11 N–H and O–H groups in total. The summed E-state index contributed by atoms with van der Waals surface area (Å²) >= 11 is 0. The van der Waals surface area contributed by atoms with Crippen LogP contribution in [0.25, 0.3) is 0 Å². The van der Waals surface area contributed by atoms with Crippen LogP contribution in [0.15, 0.2) is 4.99 Å². The van der Waals surface area contributed by atoms with Crippen molar-refractivity contribution in [3.63, 3.8) is 0 Å². The van der Waals surface area contributed by atoms with Crippen LogP contribution < -0.4 is 33.2 Å². The maximum absolute atomic E-state index is 12.8. The quantitative estimate of drug-likeness (QED) is 0.0701. The number of rotatable bonds is 15. The van der Waals surface area contributed by atoms with Gasteiger partial charge in [-0.15, -0.1) is 0 Å². The van der Waals surface area contributed by atoms with Crippen LogP contribution in [0.4, 0.5) is 0 Å². The first-order chi connectivity index (χ1) is 15.3. The average Bonchev–Trinajstić information content (AvgIpc) is 2.73. The molecule has 0 bridgehead atoms. The number of nitrogens with one attached hydrogen (secondary N) is 3. The Bertz CT molecular complexity index is 740. The number of nitrogens with zero attached hydrogens (tertiary/aromatic N) is 1. The smallest absolute Gasteiger partial charge is 0.325 e. The van der Waals surface area contributed by atoms with Gasteiger partial charge >= 0.3 is 11.9 Å². The van der Waals surface area contributed by atoms with Gasteiger partial charge in [0.15, 0.2) is 5.96 Å². The van der Waals surface area contributed by atoms with Gasteiger partial charge in [-0.05, 0) is 25.7 Å². The summed E-state index contributed by atoms with van der Waals surface area (Å²) in [6, 6.07) is -4.94. The number of nitrogens with two attached hydrogens (primary N) is 3. The molecule has 0 aliphatic rings. The third kappa shape index (κ3) is 11.7. The summed E-state index contributed by atoms with van der Waals surface area (Å²) in [5.41, 5.74) is 16.4. The molecule has 14 nitrogen and oxygen atoms in total. The molecule has 5 atom stereocenters. The molecule has 0 saturated heterocycles. The summed E-state index contributed by atoms with van der Waals surface area (Å²) in [7, 11) is 0. The predicted molar refractivity (Wildman–Crippen MR) is 119 cm³/mol. The Balaban J connectivity index is 5.52. The van der Waals surface area contributed by atoms with Crippen molar-refractivity contribution < 1.29 is 34.2 Å². The second-order valence-corrected chi connectivity index (χ2v) is 7.65. The van der Waals surface area contributed by atoms with E-state index in [9.17, 15) is 24.0 Å². The Kier molecular flexibility index (Phi) is 13.1. The van der Waals surface area contributed by atoms with Crippen molar-refractivity contribution in [1.82, 2.24) is 16.0 Å². The van der Waals surface area contributed by atoms with Crippen LogP contribution in [-0.4, -0.2) is 76.5 Å². The number of carboxylic acid groups (broad SMARTS) is 2. The molecule has 0 aromatic heterocycles. The van der Waals surface area contributed by atoms with E-state index < -0.39 is 60.2 Å². The normalized spacial score (nSPS) is 15.2. The topological polar surface area (TPSA) is 252 Å². The van der Waals surface area contributed by atoms with Gasteiger partial charge in [-0.25, -0.2) is 0 Å². The van der Waals surface area contributed by atoms with E-state index in [4.69, 9.17) is 27.4 Å². The summed E-state index contributed by atoms with van der Waals surface area (Å²) in [5, 5.41) is 24.9. The van der Waals surface area contributed by atoms with Gasteiger partial charge < -0.3 is 43.4 Å². The molecule has 0 aliphatic carbocycles. The van der Waals surface area contributed by atoms with Crippen molar-refractivity contribution in [2.24, 2.45) is 28.1 Å². The highest BCUT2D eigenvalue weighted by Gasteiger charge is 2.31. The van der Waals surface area contributed by atoms with Gasteiger partial charge in [-0.2, -0.15) is 0 Å². The van der Waals surface area contributed by atoms with Gasteiger partial charge in [0.05, 0.1) is 12.5 Å².